The zero-order chi connectivity index (χ0) is 12.1. The molecule has 1 aromatic rings. The summed E-state index contributed by atoms with van der Waals surface area (Å²) in [6.45, 7) is 1.21. The van der Waals surface area contributed by atoms with Crippen molar-refractivity contribution in [3.63, 3.8) is 0 Å². The lowest BCUT2D eigenvalue weighted by molar-refractivity contribution is 0.277. The van der Waals surface area contributed by atoms with Crippen LogP contribution in [0.4, 0.5) is 0 Å². The van der Waals surface area contributed by atoms with Crippen LogP contribution < -0.4 is 0 Å². The molecule has 17 heavy (non-hydrogen) atoms. The standard InChI is InChI=1S/C15H24N2/c1-17(2)12-14-7-4-3-5-9-15(14)13-8-6-10-16-11-13/h6,8,10-11,14-15H,3-5,7,9,12H2,1-2H3. The van der Waals surface area contributed by atoms with Gasteiger partial charge in [0.05, 0.1) is 0 Å². The molecule has 0 aliphatic heterocycles. The third-order valence-electron chi connectivity index (χ3n) is 3.87. The van der Waals surface area contributed by atoms with Crippen LogP contribution >= 0.6 is 0 Å². The summed E-state index contributed by atoms with van der Waals surface area (Å²) in [7, 11) is 4.37. The zero-order valence-electron chi connectivity index (χ0n) is 11.1. The Morgan fingerprint density at radius 2 is 2.06 bits per heavy atom. The highest BCUT2D eigenvalue weighted by molar-refractivity contribution is 5.16. The van der Waals surface area contributed by atoms with Crippen LogP contribution in [0.3, 0.4) is 0 Å². The Balaban J connectivity index is 2.14. The predicted octanol–water partition coefficient (Wildman–Crippen LogP) is 3.31. The van der Waals surface area contributed by atoms with Crippen LogP contribution in [0.2, 0.25) is 0 Å². The number of rotatable bonds is 3. The van der Waals surface area contributed by atoms with Gasteiger partial charge in [-0.05, 0) is 50.4 Å². The largest absolute Gasteiger partial charge is 0.309 e. The summed E-state index contributed by atoms with van der Waals surface area (Å²) in [6, 6.07) is 4.33. The van der Waals surface area contributed by atoms with E-state index in [1.165, 1.54) is 44.2 Å². The first kappa shape index (κ1) is 12.6. The van der Waals surface area contributed by atoms with Gasteiger partial charge in [0.25, 0.3) is 0 Å². The van der Waals surface area contributed by atoms with Gasteiger partial charge in [0.2, 0.25) is 0 Å². The van der Waals surface area contributed by atoms with E-state index in [-0.39, 0.29) is 0 Å². The molecular formula is C15H24N2. The quantitative estimate of drug-likeness (QED) is 0.743. The molecule has 94 valence electrons. The predicted molar refractivity (Wildman–Crippen MR) is 72.1 cm³/mol. The molecule has 2 unspecified atom stereocenters. The van der Waals surface area contributed by atoms with Gasteiger partial charge in [0.1, 0.15) is 0 Å². The van der Waals surface area contributed by atoms with Crippen LogP contribution in [0, 0.1) is 5.92 Å². The van der Waals surface area contributed by atoms with E-state index in [2.05, 4.69) is 42.3 Å². The Labute approximate surface area is 105 Å². The highest BCUT2D eigenvalue weighted by Crippen LogP contribution is 2.36. The average molecular weight is 232 g/mol. The molecule has 0 N–H and O–H groups in total. The second kappa shape index (κ2) is 6.15. The van der Waals surface area contributed by atoms with Gasteiger partial charge in [0.15, 0.2) is 0 Å². The Hall–Kier alpha value is -0.890. The van der Waals surface area contributed by atoms with Gasteiger partial charge < -0.3 is 4.90 Å². The smallest absolute Gasteiger partial charge is 0.0302 e. The molecule has 0 spiro atoms. The normalized spacial score (nSPS) is 25.8. The van der Waals surface area contributed by atoms with Crippen LogP contribution in [0.5, 0.6) is 0 Å². The van der Waals surface area contributed by atoms with Crippen LogP contribution in [-0.4, -0.2) is 30.5 Å². The number of nitrogens with zero attached hydrogens (tertiary/aromatic N) is 2. The molecule has 1 aromatic heterocycles. The van der Waals surface area contributed by atoms with Crippen molar-refractivity contribution in [2.45, 2.75) is 38.0 Å². The maximum Gasteiger partial charge on any atom is 0.0302 e. The lowest BCUT2D eigenvalue weighted by Gasteiger charge is -2.28. The minimum Gasteiger partial charge on any atom is -0.309 e. The summed E-state index contributed by atoms with van der Waals surface area (Å²) in [5, 5.41) is 0. The van der Waals surface area contributed by atoms with Crippen molar-refractivity contribution >= 4 is 0 Å². The summed E-state index contributed by atoms with van der Waals surface area (Å²) in [5.41, 5.74) is 1.45. The lowest BCUT2D eigenvalue weighted by Crippen LogP contribution is -2.26. The van der Waals surface area contributed by atoms with Gasteiger partial charge in [-0.25, -0.2) is 0 Å². The van der Waals surface area contributed by atoms with Crippen molar-refractivity contribution in [3.8, 4) is 0 Å². The highest BCUT2D eigenvalue weighted by Gasteiger charge is 2.25. The lowest BCUT2D eigenvalue weighted by atomic mass is 9.83. The van der Waals surface area contributed by atoms with Crippen molar-refractivity contribution in [2.24, 2.45) is 5.92 Å². The minimum absolute atomic E-state index is 0.716. The zero-order valence-corrected chi connectivity index (χ0v) is 11.1. The Bertz CT molecular complexity index is 321. The Morgan fingerprint density at radius 3 is 2.76 bits per heavy atom. The van der Waals surface area contributed by atoms with Gasteiger partial charge in [-0.2, -0.15) is 0 Å². The Morgan fingerprint density at radius 1 is 1.24 bits per heavy atom. The van der Waals surface area contributed by atoms with Crippen molar-refractivity contribution in [2.75, 3.05) is 20.6 Å². The first-order valence-electron chi connectivity index (χ1n) is 6.82. The van der Waals surface area contributed by atoms with Crippen molar-refractivity contribution in [1.82, 2.24) is 9.88 Å². The van der Waals surface area contributed by atoms with E-state index in [4.69, 9.17) is 0 Å². The summed E-state index contributed by atoms with van der Waals surface area (Å²) < 4.78 is 0. The molecule has 2 nitrogen and oxygen atoms in total. The van der Waals surface area contributed by atoms with Gasteiger partial charge in [0, 0.05) is 18.9 Å². The Kier molecular flexibility index (Phi) is 4.55. The first-order valence-corrected chi connectivity index (χ1v) is 6.82. The second-order valence-electron chi connectivity index (χ2n) is 5.55. The molecule has 0 bridgehead atoms. The van der Waals surface area contributed by atoms with E-state index < -0.39 is 0 Å². The van der Waals surface area contributed by atoms with Gasteiger partial charge in [-0.15, -0.1) is 0 Å². The molecule has 2 atom stereocenters. The van der Waals surface area contributed by atoms with Crippen LogP contribution in [-0.2, 0) is 0 Å². The molecule has 0 saturated heterocycles. The monoisotopic (exact) mass is 232 g/mol. The fourth-order valence-corrected chi connectivity index (χ4v) is 3.11. The first-order chi connectivity index (χ1) is 8.27. The van der Waals surface area contributed by atoms with E-state index >= 15 is 0 Å². The van der Waals surface area contributed by atoms with E-state index in [1.54, 1.807) is 0 Å². The summed E-state index contributed by atoms with van der Waals surface area (Å²) in [6.07, 6.45) is 10.8. The van der Waals surface area contributed by atoms with E-state index in [0.717, 1.165) is 5.92 Å². The number of hydrogen-bond acceptors (Lipinski definition) is 2. The summed E-state index contributed by atoms with van der Waals surface area (Å²) in [4.78, 5) is 6.62. The third kappa shape index (κ3) is 3.53. The molecule has 2 rings (SSSR count). The van der Waals surface area contributed by atoms with E-state index in [1.807, 2.05) is 6.20 Å². The molecule has 2 heteroatoms. The maximum absolute atomic E-state index is 4.29. The van der Waals surface area contributed by atoms with E-state index in [0.29, 0.717) is 5.92 Å². The van der Waals surface area contributed by atoms with Crippen LogP contribution in [0.15, 0.2) is 24.5 Å². The van der Waals surface area contributed by atoms with Crippen molar-refractivity contribution in [1.29, 1.82) is 0 Å². The van der Waals surface area contributed by atoms with Gasteiger partial charge in [-0.3, -0.25) is 4.98 Å². The molecule has 1 saturated carbocycles. The minimum atomic E-state index is 0.716. The molecule has 0 aromatic carbocycles. The number of aromatic nitrogens is 1. The molecule has 1 fully saturated rings. The molecule has 1 aliphatic carbocycles. The van der Waals surface area contributed by atoms with E-state index in [9.17, 15) is 0 Å². The SMILES string of the molecule is CN(C)CC1CCCCCC1c1cccnc1. The second-order valence-corrected chi connectivity index (χ2v) is 5.55. The van der Waals surface area contributed by atoms with Crippen molar-refractivity contribution < 1.29 is 0 Å². The summed E-state index contributed by atoms with van der Waals surface area (Å²) in [5.74, 6) is 1.52. The summed E-state index contributed by atoms with van der Waals surface area (Å²) >= 11 is 0. The number of hydrogen-bond donors (Lipinski definition) is 0. The molecule has 1 aliphatic rings. The van der Waals surface area contributed by atoms with Crippen molar-refractivity contribution in [3.05, 3.63) is 30.1 Å². The topological polar surface area (TPSA) is 16.1 Å². The fourth-order valence-electron chi connectivity index (χ4n) is 3.11. The number of pyridine rings is 1. The third-order valence-corrected chi connectivity index (χ3v) is 3.87. The maximum atomic E-state index is 4.29. The molecule has 1 heterocycles. The molecule has 0 radical (unpaired) electrons. The van der Waals surface area contributed by atoms with Crippen LogP contribution in [0.1, 0.15) is 43.6 Å². The van der Waals surface area contributed by atoms with Crippen LogP contribution in [0.25, 0.3) is 0 Å². The average Bonchev–Trinajstić information content (AvgIpc) is 2.55. The van der Waals surface area contributed by atoms with Gasteiger partial charge in [-0.1, -0.05) is 25.3 Å². The fraction of sp³-hybridized carbons (Fsp3) is 0.667. The molecular weight excluding hydrogens is 208 g/mol. The van der Waals surface area contributed by atoms with Gasteiger partial charge >= 0.3 is 0 Å². The molecule has 0 amide bonds. The highest BCUT2D eigenvalue weighted by atomic mass is 15.1.